The summed E-state index contributed by atoms with van der Waals surface area (Å²) in [6, 6.07) is 6.50. The van der Waals surface area contributed by atoms with Crippen LogP contribution in [0, 0.1) is 5.82 Å². The van der Waals surface area contributed by atoms with Gasteiger partial charge in [-0.3, -0.25) is 4.98 Å². The second kappa shape index (κ2) is 6.15. The molecule has 0 saturated heterocycles. The summed E-state index contributed by atoms with van der Waals surface area (Å²) in [6.45, 7) is 0.0951. The molecule has 0 saturated carbocycles. The predicted octanol–water partition coefficient (Wildman–Crippen LogP) is 2.30. The maximum absolute atomic E-state index is 13.0. The van der Waals surface area contributed by atoms with Gasteiger partial charge in [0.1, 0.15) is 12.4 Å². The molecule has 2 rings (SSSR count). The quantitative estimate of drug-likeness (QED) is 0.899. The number of halogens is 1. The summed E-state index contributed by atoms with van der Waals surface area (Å²) in [4.78, 5) is 3.75. The van der Waals surface area contributed by atoms with Gasteiger partial charge in [-0.25, -0.2) is 4.39 Å². The number of aliphatic hydroxyl groups is 1. The lowest BCUT2D eigenvalue weighted by Gasteiger charge is -2.11. The van der Waals surface area contributed by atoms with Gasteiger partial charge in [0.2, 0.25) is 0 Å². The van der Waals surface area contributed by atoms with E-state index in [0.29, 0.717) is 22.6 Å². The minimum absolute atomic E-state index is 0.0815. The summed E-state index contributed by atoms with van der Waals surface area (Å²) in [5, 5.41) is 9.09. The molecule has 1 heterocycles. The molecule has 1 aromatic heterocycles. The van der Waals surface area contributed by atoms with Gasteiger partial charge >= 0.3 is 0 Å². The van der Waals surface area contributed by atoms with E-state index in [1.165, 1.54) is 19.4 Å². The maximum Gasteiger partial charge on any atom is 0.162 e. The van der Waals surface area contributed by atoms with Crippen LogP contribution >= 0.6 is 0 Å². The maximum atomic E-state index is 13.0. The van der Waals surface area contributed by atoms with E-state index in [-0.39, 0.29) is 13.2 Å². The van der Waals surface area contributed by atoms with Crippen LogP contribution in [0.15, 0.2) is 36.7 Å². The second-order valence-electron chi connectivity index (χ2n) is 3.94. The van der Waals surface area contributed by atoms with Crippen LogP contribution < -0.4 is 9.47 Å². The van der Waals surface area contributed by atoms with Crippen LogP contribution in [0.2, 0.25) is 0 Å². The zero-order chi connectivity index (χ0) is 13.7. The molecular weight excluding hydrogens is 249 g/mol. The summed E-state index contributed by atoms with van der Waals surface area (Å²) in [7, 11) is 1.53. The number of ether oxygens (including phenoxy) is 2. The number of methoxy groups -OCH3 is 1. The first-order valence-corrected chi connectivity index (χ1v) is 5.73. The molecule has 0 fully saturated rings. The van der Waals surface area contributed by atoms with Gasteiger partial charge in [-0.15, -0.1) is 0 Å². The number of nitrogens with zero attached hydrogens (tertiary/aromatic N) is 1. The molecule has 0 radical (unpaired) electrons. The highest BCUT2D eigenvalue weighted by molar-refractivity contribution is 5.42. The molecule has 0 amide bonds. The minimum Gasteiger partial charge on any atom is -0.493 e. The largest absolute Gasteiger partial charge is 0.493 e. The Balaban J connectivity index is 2.14. The van der Waals surface area contributed by atoms with Crippen molar-refractivity contribution in [3.05, 3.63) is 53.6 Å². The van der Waals surface area contributed by atoms with Crippen molar-refractivity contribution in [2.75, 3.05) is 7.11 Å². The van der Waals surface area contributed by atoms with Gasteiger partial charge in [-0.2, -0.15) is 0 Å². The summed E-state index contributed by atoms with van der Waals surface area (Å²) in [5.41, 5.74) is 1.34. The Morgan fingerprint density at radius 3 is 2.68 bits per heavy atom. The normalized spacial score (nSPS) is 10.3. The first kappa shape index (κ1) is 13.3. The number of benzene rings is 1. The van der Waals surface area contributed by atoms with E-state index in [4.69, 9.17) is 14.6 Å². The molecular formula is C14H14FNO3. The monoisotopic (exact) mass is 263 g/mol. The van der Waals surface area contributed by atoms with E-state index in [2.05, 4.69) is 4.98 Å². The molecule has 5 heteroatoms. The smallest absolute Gasteiger partial charge is 0.162 e. The van der Waals surface area contributed by atoms with Crippen LogP contribution in [0.4, 0.5) is 4.39 Å². The van der Waals surface area contributed by atoms with Gasteiger partial charge in [-0.1, -0.05) is 6.07 Å². The highest BCUT2D eigenvalue weighted by Crippen LogP contribution is 2.28. The van der Waals surface area contributed by atoms with Gasteiger partial charge in [0.05, 0.1) is 19.9 Å². The minimum atomic E-state index is -0.405. The van der Waals surface area contributed by atoms with Gasteiger partial charge in [0.25, 0.3) is 0 Å². The van der Waals surface area contributed by atoms with E-state index >= 15 is 0 Å². The van der Waals surface area contributed by atoms with Crippen molar-refractivity contribution in [3.63, 3.8) is 0 Å². The Morgan fingerprint density at radius 1 is 1.16 bits per heavy atom. The summed E-state index contributed by atoms with van der Waals surface area (Å²) >= 11 is 0. The lowest BCUT2D eigenvalue weighted by Crippen LogP contribution is -1.99. The standard InChI is InChI=1S/C14H14FNO3/c1-18-13-3-2-10(8-17)5-14(13)19-9-11-4-12(15)7-16-6-11/h2-7,17H,8-9H2,1H3. The lowest BCUT2D eigenvalue weighted by atomic mass is 10.2. The number of aromatic nitrogens is 1. The van der Waals surface area contributed by atoms with E-state index in [1.54, 1.807) is 18.2 Å². The average molecular weight is 263 g/mol. The molecule has 0 aliphatic carbocycles. The van der Waals surface area contributed by atoms with Crippen molar-refractivity contribution in [1.82, 2.24) is 4.98 Å². The van der Waals surface area contributed by atoms with Crippen LogP contribution in [0.25, 0.3) is 0 Å². The Labute approximate surface area is 110 Å². The third kappa shape index (κ3) is 3.42. The van der Waals surface area contributed by atoms with Crippen LogP contribution in [0.3, 0.4) is 0 Å². The summed E-state index contributed by atoms with van der Waals surface area (Å²) in [6.07, 6.45) is 2.67. The number of aliphatic hydroxyl groups excluding tert-OH is 1. The Hall–Kier alpha value is -2.14. The summed E-state index contributed by atoms with van der Waals surface area (Å²) < 4.78 is 23.7. The molecule has 0 spiro atoms. The molecule has 0 unspecified atom stereocenters. The molecule has 0 aliphatic rings. The van der Waals surface area contributed by atoms with Crippen molar-refractivity contribution >= 4 is 0 Å². The molecule has 0 bridgehead atoms. The third-order valence-corrected chi connectivity index (χ3v) is 2.57. The van der Waals surface area contributed by atoms with E-state index in [1.807, 2.05) is 0 Å². The van der Waals surface area contributed by atoms with Crippen LogP contribution in [-0.4, -0.2) is 17.2 Å². The van der Waals surface area contributed by atoms with Crippen molar-refractivity contribution in [2.45, 2.75) is 13.2 Å². The van der Waals surface area contributed by atoms with Crippen molar-refractivity contribution in [1.29, 1.82) is 0 Å². The van der Waals surface area contributed by atoms with Gasteiger partial charge < -0.3 is 14.6 Å². The van der Waals surface area contributed by atoms with Crippen LogP contribution in [-0.2, 0) is 13.2 Å². The zero-order valence-corrected chi connectivity index (χ0v) is 10.5. The molecule has 0 aliphatic heterocycles. The summed E-state index contributed by atoms with van der Waals surface area (Å²) in [5.74, 6) is 0.650. The fourth-order valence-corrected chi connectivity index (χ4v) is 1.63. The van der Waals surface area contributed by atoms with Crippen LogP contribution in [0.1, 0.15) is 11.1 Å². The number of pyridine rings is 1. The number of rotatable bonds is 5. The van der Waals surface area contributed by atoms with Gasteiger partial charge in [0, 0.05) is 11.8 Å². The molecule has 0 atom stereocenters. The predicted molar refractivity (Wildman–Crippen MR) is 67.4 cm³/mol. The lowest BCUT2D eigenvalue weighted by molar-refractivity contribution is 0.271. The third-order valence-electron chi connectivity index (χ3n) is 2.57. The Morgan fingerprint density at radius 2 is 2.00 bits per heavy atom. The van der Waals surface area contributed by atoms with E-state index < -0.39 is 5.82 Å². The molecule has 19 heavy (non-hydrogen) atoms. The fourth-order valence-electron chi connectivity index (χ4n) is 1.63. The van der Waals surface area contributed by atoms with E-state index in [9.17, 15) is 4.39 Å². The zero-order valence-electron chi connectivity index (χ0n) is 10.5. The molecule has 1 aromatic carbocycles. The first-order valence-electron chi connectivity index (χ1n) is 5.73. The van der Waals surface area contributed by atoms with Gasteiger partial charge in [0.15, 0.2) is 11.5 Å². The van der Waals surface area contributed by atoms with Crippen molar-refractivity contribution < 1.29 is 19.0 Å². The fraction of sp³-hybridized carbons (Fsp3) is 0.214. The van der Waals surface area contributed by atoms with Crippen molar-refractivity contribution in [3.8, 4) is 11.5 Å². The van der Waals surface area contributed by atoms with Gasteiger partial charge in [-0.05, 0) is 23.8 Å². The molecule has 100 valence electrons. The molecule has 4 nitrogen and oxygen atoms in total. The Kier molecular flexibility index (Phi) is 4.30. The van der Waals surface area contributed by atoms with Crippen molar-refractivity contribution in [2.24, 2.45) is 0 Å². The second-order valence-corrected chi connectivity index (χ2v) is 3.94. The van der Waals surface area contributed by atoms with E-state index in [0.717, 1.165) is 6.20 Å². The number of hydrogen-bond acceptors (Lipinski definition) is 4. The molecule has 1 N–H and O–H groups in total. The highest BCUT2D eigenvalue weighted by Gasteiger charge is 2.06. The highest BCUT2D eigenvalue weighted by atomic mass is 19.1. The number of hydrogen-bond donors (Lipinski definition) is 1. The topological polar surface area (TPSA) is 51.6 Å². The Bertz CT molecular complexity index is 560. The molecule has 2 aromatic rings. The SMILES string of the molecule is COc1ccc(CO)cc1OCc1cncc(F)c1. The van der Waals surface area contributed by atoms with Crippen LogP contribution in [0.5, 0.6) is 11.5 Å². The average Bonchev–Trinajstić information content (AvgIpc) is 2.45. The first-order chi connectivity index (χ1) is 9.22.